The molecule has 1 aromatic carbocycles. The maximum atomic E-state index is 12.7. The molecule has 3 N–H and O–H groups in total. The monoisotopic (exact) mass is 451 g/mol. The van der Waals surface area contributed by atoms with E-state index in [1.165, 1.54) is 17.5 Å². The van der Waals surface area contributed by atoms with Crippen molar-refractivity contribution in [1.82, 2.24) is 30.4 Å². The Balaban J connectivity index is 1.25. The van der Waals surface area contributed by atoms with Crippen LogP contribution in [0.5, 0.6) is 0 Å². The first kappa shape index (κ1) is 23.1. The van der Waals surface area contributed by atoms with Crippen LogP contribution in [0.15, 0.2) is 36.7 Å². The fourth-order valence-corrected chi connectivity index (χ4v) is 4.52. The molecule has 1 unspecified atom stereocenters. The molecular formula is C24H33N7O2. The third kappa shape index (κ3) is 6.06. The first-order valence-corrected chi connectivity index (χ1v) is 11.6. The largest absolute Gasteiger partial charge is 0.367 e. The molecule has 0 spiro atoms. The number of carbonyl (C=O) groups is 2. The standard InChI is InChI=1S/C24H33N7O2/c1-17(32)31-9-7-20(8-10-31)29-23-11-22(27-16-28-23)24(33)26-12-21(25-2)15-30-13-18-5-3-4-6-19(18)14-30/h3-6,11,16,20-21,25H,7-10,12-15H2,1-2H3,(H,26,33)(H,27,28,29). The van der Waals surface area contributed by atoms with Crippen LogP contribution in [0.4, 0.5) is 5.82 Å². The quantitative estimate of drug-likeness (QED) is 0.555. The zero-order valence-electron chi connectivity index (χ0n) is 19.4. The Morgan fingerprint density at radius 3 is 2.45 bits per heavy atom. The number of aromatic nitrogens is 2. The van der Waals surface area contributed by atoms with E-state index in [1.54, 1.807) is 13.0 Å². The van der Waals surface area contributed by atoms with E-state index in [-0.39, 0.29) is 23.9 Å². The molecule has 0 bridgehead atoms. The van der Waals surface area contributed by atoms with E-state index in [1.807, 2.05) is 11.9 Å². The Bertz CT molecular complexity index is 950. The minimum absolute atomic E-state index is 0.114. The van der Waals surface area contributed by atoms with E-state index in [0.29, 0.717) is 18.1 Å². The zero-order chi connectivity index (χ0) is 23.2. The van der Waals surface area contributed by atoms with Gasteiger partial charge in [-0.1, -0.05) is 24.3 Å². The molecule has 2 aliphatic heterocycles. The lowest BCUT2D eigenvalue weighted by molar-refractivity contribution is -0.129. The molecule has 9 nitrogen and oxygen atoms in total. The lowest BCUT2D eigenvalue weighted by Gasteiger charge is -2.31. The smallest absolute Gasteiger partial charge is 0.270 e. The van der Waals surface area contributed by atoms with Gasteiger partial charge in [-0.3, -0.25) is 14.5 Å². The van der Waals surface area contributed by atoms with Crippen molar-refractivity contribution in [2.75, 3.05) is 38.5 Å². The van der Waals surface area contributed by atoms with Gasteiger partial charge in [0.05, 0.1) is 0 Å². The second kappa shape index (κ2) is 10.7. The van der Waals surface area contributed by atoms with Crippen LogP contribution in [0, 0.1) is 0 Å². The summed E-state index contributed by atoms with van der Waals surface area (Å²) in [6.07, 6.45) is 3.13. The molecule has 0 saturated carbocycles. The van der Waals surface area contributed by atoms with E-state index in [4.69, 9.17) is 0 Å². The minimum Gasteiger partial charge on any atom is -0.367 e. The number of benzene rings is 1. The Kier molecular flexibility index (Phi) is 7.51. The van der Waals surface area contributed by atoms with Crippen LogP contribution in [0.1, 0.15) is 41.4 Å². The van der Waals surface area contributed by atoms with Gasteiger partial charge in [0.1, 0.15) is 17.8 Å². The lowest BCUT2D eigenvalue weighted by atomic mass is 10.1. The number of likely N-dealkylation sites (tertiary alicyclic amines) is 1. The third-order valence-electron chi connectivity index (χ3n) is 6.49. The number of anilines is 1. The summed E-state index contributed by atoms with van der Waals surface area (Å²) in [5.41, 5.74) is 3.10. The number of rotatable bonds is 8. The molecule has 0 radical (unpaired) electrons. The van der Waals surface area contributed by atoms with Crippen molar-refractivity contribution in [2.24, 2.45) is 0 Å². The van der Waals surface area contributed by atoms with Gasteiger partial charge < -0.3 is 20.9 Å². The Morgan fingerprint density at radius 1 is 1.12 bits per heavy atom. The highest BCUT2D eigenvalue weighted by Crippen LogP contribution is 2.22. The topological polar surface area (TPSA) is 102 Å². The predicted octanol–water partition coefficient (Wildman–Crippen LogP) is 1.23. The summed E-state index contributed by atoms with van der Waals surface area (Å²) < 4.78 is 0. The summed E-state index contributed by atoms with van der Waals surface area (Å²) in [7, 11) is 1.92. The Morgan fingerprint density at radius 2 is 1.82 bits per heavy atom. The number of fused-ring (bicyclic) bond motifs is 1. The third-order valence-corrected chi connectivity index (χ3v) is 6.49. The molecule has 1 aromatic heterocycles. The van der Waals surface area contributed by atoms with E-state index >= 15 is 0 Å². The molecule has 176 valence electrons. The van der Waals surface area contributed by atoms with Crippen molar-refractivity contribution in [1.29, 1.82) is 0 Å². The van der Waals surface area contributed by atoms with Crippen LogP contribution in [-0.4, -0.2) is 76.9 Å². The lowest BCUT2D eigenvalue weighted by Crippen LogP contribution is -2.45. The summed E-state index contributed by atoms with van der Waals surface area (Å²) in [5.74, 6) is 0.539. The Labute approximate surface area is 195 Å². The average Bonchev–Trinajstić information content (AvgIpc) is 3.24. The van der Waals surface area contributed by atoms with Crippen molar-refractivity contribution in [3.63, 3.8) is 0 Å². The molecule has 3 heterocycles. The number of hydrogen-bond acceptors (Lipinski definition) is 7. The van der Waals surface area contributed by atoms with Crippen molar-refractivity contribution in [3.05, 3.63) is 53.5 Å². The molecule has 33 heavy (non-hydrogen) atoms. The van der Waals surface area contributed by atoms with Gasteiger partial charge in [-0.2, -0.15) is 0 Å². The van der Waals surface area contributed by atoms with Crippen LogP contribution in [0.25, 0.3) is 0 Å². The number of nitrogens with zero attached hydrogens (tertiary/aromatic N) is 4. The maximum Gasteiger partial charge on any atom is 0.270 e. The fourth-order valence-electron chi connectivity index (χ4n) is 4.52. The number of amides is 2. The van der Waals surface area contributed by atoms with Gasteiger partial charge in [0.2, 0.25) is 5.91 Å². The maximum absolute atomic E-state index is 12.7. The Hall–Kier alpha value is -3.04. The second-order valence-electron chi connectivity index (χ2n) is 8.85. The highest BCUT2D eigenvalue weighted by Gasteiger charge is 2.23. The number of nitrogens with one attached hydrogen (secondary N) is 3. The molecule has 4 rings (SSSR count). The SMILES string of the molecule is CNC(CNC(=O)c1cc(NC2CCN(C(C)=O)CC2)ncn1)CN1Cc2ccccc2C1. The summed E-state index contributed by atoms with van der Waals surface area (Å²) in [5, 5.41) is 9.69. The normalized spacial score (nSPS) is 17.5. The summed E-state index contributed by atoms with van der Waals surface area (Å²) >= 11 is 0. The zero-order valence-corrected chi connectivity index (χ0v) is 19.4. The van der Waals surface area contributed by atoms with Crippen LogP contribution < -0.4 is 16.0 Å². The number of likely N-dealkylation sites (N-methyl/N-ethyl adjacent to an activating group) is 1. The first-order chi connectivity index (χ1) is 16.0. The van der Waals surface area contributed by atoms with E-state index < -0.39 is 0 Å². The van der Waals surface area contributed by atoms with Crippen molar-refractivity contribution < 1.29 is 9.59 Å². The molecule has 1 saturated heterocycles. The summed E-state index contributed by atoms with van der Waals surface area (Å²) in [6.45, 7) is 6.31. The van der Waals surface area contributed by atoms with Gasteiger partial charge in [0.15, 0.2) is 0 Å². The van der Waals surface area contributed by atoms with Gasteiger partial charge in [-0.15, -0.1) is 0 Å². The van der Waals surface area contributed by atoms with Crippen LogP contribution in [0.2, 0.25) is 0 Å². The fraction of sp³-hybridized carbons (Fsp3) is 0.500. The minimum atomic E-state index is -0.211. The van der Waals surface area contributed by atoms with Crippen molar-refractivity contribution >= 4 is 17.6 Å². The number of hydrogen-bond donors (Lipinski definition) is 3. The van der Waals surface area contributed by atoms with Gasteiger partial charge in [0.25, 0.3) is 5.91 Å². The average molecular weight is 452 g/mol. The second-order valence-corrected chi connectivity index (χ2v) is 8.85. The molecular weight excluding hydrogens is 418 g/mol. The molecule has 2 amide bonds. The van der Waals surface area contributed by atoms with Gasteiger partial charge in [0, 0.05) is 64.3 Å². The molecule has 9 heteroatoms. The van der Waals surface area contributed by atoms with Gasteiger partial charge >= 0.3 is 0 Å². The van der Waals surface area contributed by atoms with Crippen molar-refractivity contribution in [2.45, 2.75) is 44.9 Å². The summed E-state index contributed by atoms with van der Waals surface area (Å²) in [4.78, 5) is 36.9. The summed E-state index contributed by atoms with van der Waals surface area (Å²) in [6, 6.07) is 10.6. The first-order valence-electron chi connectivity index (χ1n) is 11.6. The molecule has 0 aliphatic carbocycles. The van der Waals surface area contributed by atoms with Crippen molar-refractivity contribution in [3.8, 4) is 0 Å². The van der Waals surface area contributed by atoms with E-state index in [0.717, 1.165) is 45.6 Å². The predicted molar refractivity (Wildman–Crippen MR) is 127 cm³/mol. The molecule has 2 aromatic rings. The number of piperidine rings is 1. The van der Waals surface area contributed by atoms with Crippen LogP contribution in [0.3, 0.4) is 0 Å². The van der Waals surface area contributed by atoms with Gasteiger partial charge in [-0.25, -0.2) is 9.97 Å². The van der Waals surface area contributed by atoms with E-state index in [9.17, 15) is 9.59 Å². The van der Waals surface area contributed by atoms with Crippen LogP contribution >= 0.6 is 0 Å². The highest BCUT2D eigenvalue weighted by atomic mass is 16.2. The molecule has 1 atom stereocenters. The molecule has 2 aliphatic rings. The molecule has 1 fully saturated rings. The van der Waals surface area contributed by atoms with Crippen LogP contribution in [-0.2, 0) is 17.9 Å². The van der Waals surface area contributed by atoms with Gasteiger partial charge in [-0.05, 0) is 31.0 Å². The highest BCUT2D eigenvalue weighted by molar-refractivity contribution is 5.92. The van der Waals surface area contributed by atoms with E-state index in [2.05, 4.69) is 55.1 Å². The number of carbonyl (C=O) groups excluding carboxylic acids is 2.